The average Bonchev–Trinajstić information content (AvgIpc) is 2.85. The number of halogens is 5. The van der Waals surface area contributed by atoms with E-state index in [4.69, 9.17) is 4.74 Å². The summed E-state index contributed by atoms with van der Waals surface area (Å²) in [7, 11) is 1.06. The Kier molecular flexibility index (Phi) is 8.52. The predicted octanol–water partition coefficient (Wildman–Crippen LogP) is 5.59. The van der Waals surface area contributed by atoms with Gasteiger partial charge < -0.3 is 19.7 Å². The van der Waals surface area contributed by atoms with E-state index in [0.29, 0.717) is 6.07 Å². The minimum atomic E-state index is -4.82. The lowest BCUT2D eigenvalue weighted by Gasteiger charge is -2.36. The van der Waals surface area contributed by atoms with Gasteiger partial charge in [-0.15, -0.1) is 0 Å². The predicted molar refractivity (Wildman–Crippen MR) is 117 cm³/mol. The van der Waals surface area contributed by atoms with Crippen molar-refractivity contribution in [3.63, 3.8) is 0 Å². The number of benzene rings is 2. The van der Waals surface area contributed by atoms with Crippen molar-refractivity contribution in [2.24, 2.45) is 5.92 Å². The third kappa shape index (κ3) is 6.83. The molecular formula is C24H25F5N2O4. The fraction of sp³-hybridized carbons (Fsp3) is 0.417. The minimum Gasteiger partial charge on any atom is -0.465 e. The number of hydrogen-bond donors (Lipinski definition) is 1. The van der Waals surface area contributed by atoms with Crippen molar-refractivity contribution in [1.82, 2.24) is 4.90 Å². The van der Waals surface area contributed by atoms with Gasteiger partial charge >= 0.3 is 18.2 Å². The molecule has 11 heteroatoms. The number of amides is 1. The van der Waals surface area contributed by atoms with Crippen molar-refractivity contribution in [3.8, 4) is 0 Å². The monoisotopic (exact) mass is 500 g/mol. The number of anilines is 1. The van der Waals surface area contributed by atoms with Crippen molar-refractivity contribution >= 4 is 17.7 Å². The quantitative estimate of drug-likeness (QED) is 0.397. The molecule has 2 aromatic carbocycles. The maximum atomic E-state index is 13.9. The van der Waals surface area contributed by atoms with E-state index >= 15 is 0 Å². The number of alkyl halides is 5. The maximum absolute atomic E-state index is 13.9. The van der Waals surface area contributed by atoms with Gasteiger partial charge in [0.25, 0.3) is 6.43 Å². The van der Waals surface area contributed by atoms with Crippen molar-refractivity contribution in [2.75, 3.05) is 25.5 Å². The summed E-state index contributed by atoms with van der Waals surface area (Å²) in [5.74, 6) is -1.60. The molecule has 1 saturated heterocycles. The van der Waals surface area contributed by atoms with E-state index < -0.39 is 47.9 Å². The molecule has 1 unspecified atom stereocenters. The van der Waals surface area contributed by atoms with E-state index in [0.717, 1.165) is 24.8 Å². The van der Waals surface area contributed by atoms with Crippen molar-refractivity contribution in [1.29, 1.82) is 0 Å². The van der Waals surface area contributed by atoms with Crippen LogP contribution in [0.25, 0.3) is 0 Å². The molecular weight excluding hydrogens is 475 g/mol. The van der Waals surface area contributed by atoms with Gasteiger partial charge in [-0.3, -0.25) is 0 Å². The van der Waals surface area contributed by atoms with Crippen LogP contribution < -0.4 is 5.32 Å². The Balaban J connectivity index is 1.68. The highest BCUT2D eigenvalue weighted by Gasteiger charge is 2.38. The second-order valence-corrected chi connectivity index (χ2v) is 8.12. The van der Waals surface area contributed by atoms with E-state index in [1.54, 1.807) is 24.3 Å². The Hall–Kier alpha value is -3.37. The van der Waals surface area contributed by atoms with Crippen LogP contribution in [-0.4, -0.2) is 49.6 Å². The minimum absolute atomic E-state index is 0.0670. The van der Waals surface area contributed by atoms with Crippen molar-refractivity contribution < 1.29 is 41.0 Å². The van der Waals surface area contributed by atoms with E-state index in [1.165, 1.54) is 4.90 Å². The van der Waals surface area contributed by atoms with Crippen LogP contribution in [0.3, 0.4) is 0 Å². The van der Waals surface area contributed by atoms with E-state index in [1.807, 2.05) is 6.07 Å². The van der Waals surface area contributed by atoms with E-state index in [-0.39, 0.29) is 38.1 Å². The first kappa shape index (κ1) is 26.2. The zero-order valence-electron chi connectivity index (χ0n) is 18.9. The zero-order valence-corrected chi connectivity index (χ0v) is 18.9. The number of hydrogen-bond acceptors (Lipinski definition) is 5. The fourth-order valence-corrected chi connectivity index (χ4v) is 3.97. The highest BCUT2D eigenvalue weighted by Crippen LogP contribution is 2.37. The molecule has 190 valence electrons. The Morgan fingerprint density at radius 1 is 1.09 bits per heavy atom. The second kappa shape index (κ2) is 11.4. The van der Waals surface area contributed by atoms with Crippen molar-refractivity contribution in [2.45, 2.75) is 38.1 Å². The summed E-state index contributed by atoms with van der Waals surface area (Å²) < 4.78 is 78.1. The molecule has 0 saturated carbocycles. The molecule has 6 nitrogen and oxygen atoms in total. The number of ether oxygens (including phenoxy) is 2. The first-order chi connectivity index (χ1) is 16.6. The van der Waals surface area contributed by atoms with Gasteiger partial charge in [-0.2, -0.15) is 13.2 Å². The molecule has 1 aliphatic heterocycles. The number of piperidine rings is 1. The summed E-state index contributed by atoms with van der Waals surface area (Å²) in [6.45, 7) is 0.312. The highest BCUT2D eigenvalue weighted by molar-refractivity contribution is 5.90. The first-order valence-corrected chi connectivity index (χ1v) is 10.9. The lowest BCUT2D eigenvalue weighted by molar-refractivity contribution is -0.137. The lowest BCUT2D eigenvalue weighted by Crippen LogP contribution is -2.45. The van der Waals surface area contributed by atoms with E-state index in [9.17, 15) is 31.5 Å². The van der Waals surface area contributed by atoms with Gasteiger partial charge in [-0.05, 0) is 42.5 Å². The van der Waals surface area contributed by atoms with Gasteiger partial charge in [0, 0.05) is 18.8 Å². The van der Waals surface area contributed by atoms with Crippen molar-refractivity contribution in [3.05, 3.63) is 65.2 Å². The summed E-state index contributed by atoms with van der Waals surface area (Å²) >= 11 is 0. The third-order valence-electron chi connectivity index (χ3n) is 5.85. The third-order valence-corrected chi connectivity index (χ3v) is 5.85. The number of carbonyl (C=O) groups is 2. The molecule has 0 aromatic heterocycles. The molecule has 1 atom stereocenters. The van der Waals surface area contributed by atoms with Gasteiger partial charge in [0.05, 0.1) is 24.3 Å². The number of esters is 1. The SMILES string of the molecule is COC(=O)c1ccc(C(F)(F)F)c(NC(C(F)F)C2CCN(C(=O)OCc3ccccc3)CC2)c1. The maximum Gasteiger partial charge on any atom is 0.418 e. The summed E-state index contributed by atoms with van der Waals surface area (Å²) in [5, 5.41) is 2.32. The summed E-state index contributed by atoms with van der Waals surface area (Å²) in [6, 6.07) is 9.85. The first-order valence-electron chi connectivity index (χ1n) is 10.9. The molecule has 0 spiro atoms. The number of methoxy groups -OCH3 is 1. The fourth-order valence-electron chi connectivity index (χ4n) is 3.97. The molecule has 1 N–H and O–H groups in total. The number of rotatable bonds is 7. The average molecular weight is 500 g/mol. The Morgan fingerprint density at radius 3 is 2.31 bits per heavy atom. The smallest absolute Gasteiger partial charge is 0.418 e. The molecule has 3 rings (SSSR count). The molecule has 2 aromatic rings. The Labute approximate surface area is 199 Å². The largest absolute Gasteiger partial charge is 0.465 e. The molecule has 1 heterocycles. The Morgan fingerprint density at radius 2 is 1.74 bits per heavy atom. The molecule has 35 heavy (non-hydrogen) atoms. The van der Waals surface area contributed by atoms with Crippen LogP contribution in [0, 0.1) is 5.92 Å². The summed E-state index contributed by atoms with van der Waals surface area (Å²) in [4.78, 5) is 25.5. The van der Waals surface area contributed by atoms with E-state index in [2.05, 4.69) is 10.1 Å². The van der Waals surface area contributed by atoms with Gasteiger partial charge in [0.2, 0.25) is 0 Å². The lowest BCUT2D eigenvalue weighted by atomic mass is 9.89. The molecule has 1 aliphatic rings. The number of nitrogens with zero attached hydrogens (tertiary/aromatic N) is 1. The topological polar surface area (TPSA) is 67.9 Å². The molecule has 0 radical (unpaired) electrons. The van der Waals surface area contributed by atoms with Crippen LogP contribution in [0.1, 0.15) is 34.3 Å². The zero-order chi connectivity index (χ0) is 25.6. The van der Waals surface area contributed by atoms with Crippen LogP contribution in [-0.2, 0) is 22.3 Å². The van der Waals surface area contributed by atoms with Crippen LogP contribution >= 0.6 is 0 Å². The number of carbonyl (C=O) groups excluding carboxylic acids is 2. The molecule has 1 fully saturated rings. The molecule has 1 amide bonds. The second-order valence-electron chi connectivity index (χ2n) is 8.12. The standard InChI is InChI=1S/C24H25F5N2O4/c1-34-22(32)17-7-8-18(24(27,28)29)19(13-17)30-20(21(25)26)16-9-11-31(12-10-16)23(33)35-14-15-5-3-2-4-6-15/h2-8,13,16,20-21,30H,9-12,14H2,1H3. The van der Waals surface area contributed by atoms with Crippen LogP contribution in [0.4, 0.5) is 32.4 Å². The van der Waals surface area contributed by atoms with Crippen LogP contribution in [0.2, 0.25) is 0 Å². The van der Waals surface area contributed by atoms with Gasteiger partial charge in [-0.25, -0.2) is 18.4 Å². The van der Waals surface area contributed by atoms with Gasteiger partial charge in [-0.1, -0.05) is 30.3 Å². The van der Waals surface area contributed by atoms with Crippen LogP contribution in [0.5, 0.6) is 0 Å². The van der Waals surface area contributed by atoms with Crippen LogP contribution in [0.15, 0.2) is 48.5 Å². The van der Waals surface area contributed by atoms with Gasteiger partial charge in [0.1, 0.15) is 6.61 Å². The molecule has 0 aliphatic carbocycles. The highest BCUT2D eigenvalue weighted by atomic mass is 19.4. The number of likely N-dealkylation sites (tertiary alicyclic amines) is 1. The Bertz CT molecular complexity index is 1010. The summed E-state index contributed by atoms with van der Waals surface area (Å²) in [5.41, 5.74) is -1.20. The summed E-state index contributed by atoms with van der Waals surface area (Å²) in [6.07, 6.45) is -8.12. The van der Waals surface area contributed by atoms with Gasteiger partial charge in [0.15, 0.2) is 0 Å². The molecule has 0 bridgehead atoms. The number of nitrogens with one attached hydrogen (secondary N) is 1. The normalized spacial score (nSPS) is 15.6.